The SMILES string of the molecule is CC(C)(C)OC(=O)N[C@@H]1CC[C@H](COc2coc(CN3Cc4ccccc4C3)cc2=O)C1. The first-order valence-corrected chi connectivity index (χ1v) is 11.3. The van der Waals surface area contributed by atoms with Crippen molar-refractivity contribution >= 4 is 6.09 Å². The van der Waals surface area contributed by atoms with Gasteiger partial charge in [-0.3, -0.25) is 9.69 Å². The summed E-state index contributed by atoms with van der Waals surface area (Å²) in [4.78, 5) is 26.7. The van der Waals surface area contributed by atoms with Gasteiger partial charge in [-0.15, -0.1) is 0 Å². The fraction of sp³-hybridized carbons (Fsp3) is 0.520. The second-order valence-electron chi connectivity index (χ2n) is 9.82. The molecule has 7 nitrogen and oxygen atoms in total. The predicted octanol–water partition coefficient (Wildman–Crippen LogP) is 4.23. The predicted molar refractivity (Wildman–Crippen MR) is 120 cm³/mol. The van der Waals surface area contributed by atoms with Crippen molar-refractivity contribution in [2.75, 3.05) is 6.61 Å². The Morgan fingerprint density at radius 1 is 1.19 bits per heavy atom. The molecular formula is C25H32N2O5. The second-order valence-corrected chi connectivity index (χ2v) is 9.82. The molecule has 1 aromatic heterocycles. The third-order valence-electron chi connectivity index (χ3n) is 5.87. The van der Waals surface area contributed by atoms with E-state index in [0.717, 1.165) is 32.4 Å². The number of nitrogens with zero attached hydrogens (tertiary/aromatic N) is 1. The van der Waals surface area contributed by atoms with Crippen LogP contribution in [0.5, 0.6) is 5.75 Å². The molecule has 32 heavy (non-hydrogen) atoms. The van der Waals surface area contributed by atoms with Gasteiger partial charge in [-0.1, -0.05) is 24.3 Å². The lowest BCUT2D eigenvalue weighted by molar-refractivity contribution is 0.0504. The molecular weight excluding hydrogens is 408 g/mol. The van der Waals surface area contributed by atoms with Gasteiger partial charge in [-0.05, 0) is 57.1 Å². The summed E-state index contributed by atoms with van der Waals surface area (Å²) in [6.07, 6.45) is 3.64. The maximum atomic E-state index is 12.5. The Kier molecular flexibility index (Phi) is 6.55. The van der Waals surface area contributed by atoms with Crippen molar-refractivity contribution in [1.29, 1.82) is 0 Å². The van der Waals surface area contributed by atoms with Crippen molar-refractivity contribution in [2.45, 2.75) is 71.3 Å². The summed E-state index contributed by atoms with van der Waals surface area (Å²) >= 11 is 0. The van der Waals surface area contributed by atoms with E-state index in [1.807, 2.05) is 20.8 Å². The third kappa shape index (κ3) is 5.91. The molecule has 1 amide bonds. The first-order chi connectivity index (χ1) is 15.2. The van der Waals surface area contributed by atoms with E-state index in [2.05, 4.69) is 34.5 Å². The lowest BCUT2D eigenvalue weighted by atomic mass is 10.1. The average Bonchev–Trinajstić information content (AvgIpc) is 3.31. The minimum atomic E-state index is -0.510. The molecule has 4 rings (SSSR count). The number of hydrogen-bond donors (Lipinski definition) is 1. The lowest BCUT2D eigenvalue weighted by Crippen LogP contribution is -2.38. The molecule has 2 atom stereocenters. The van der Waals surface area contributed by atoms with Gasteiger partial charge in [0.2, 0.25) is 11.2 Å². The number of benzene rings is 1. The number of rotatable bonds is 6. The molecule has 0 radical (unpaired) electrons. The van der Waals surface area contributed by atoms with Gasteiger partial charge in [-0.2, -0.15) is 0 Å². The summed E-state index contributed by atoms with van der Waals surface area (Å²) in [6.45, 7) is 8.27. The van der Waals surface area contributed by atoms with Gasteiger partial charge in [-0.25, -0.2) is 4.79 Å². The lowest BCUT2D eigenvalue weighted by Gasteiger charge is -2.21. The highest BCUT2D eigenvalue weighted by Crippen LogP contribution is 2.27. The molecule has 2 aromatic rings. The Hall–Kier alpha value is -2.80. The molecule has 1 saturated carbocycles. The van der Waals surface area contributed by atoms with Gasteiger partial charge >= 0.3 is 6.09 Å². The molecule has 1 N–H and O–H groups in total. The van der Waals surface area contributed by atoms with E-state index in [-0.39, 0.29) is 29.2 Å². The molecule has 7 heteroatoms. The maximum Gasteiger partial charge on any atom is 0.407 e. The minimum Gasteiger partial charge on any atom is -0.486 e. The van der Waals surface area contributed by atoms with Crippen LogP contribution >= 0.6 is 0 Å². The van der Waals surface area contributed by atoms with Crippen LogP contribution < -0.4 is 15.5 Å². The van der Waals surface area contributed by atoms with Crippen molar-refractivity contribution in [3.8, 4) is 5.75 Å². The molecule has 172 valence electrons. The first kappa shape index (κ1) is 22.4. The number of alkyl carbamates (subject to hydrolysis) is 1. The number of fused-ring (bicyclic) bond motifs is 1. The fourth-order valence-corrected chi connectivity index (χ4v) is 4.40. The summed E-state index contributed by atoms with van der Waals surface area (Å²) in [5, 5.41) is 2.92. The first-order valence-electron chi connectivity index (χ1n) is 11.3. The summed E-state index contributed by atoms with van der Waals surface area (Å²) in [5.74, 6) is 1.15. The Morgan fingerprint density at radius 3 is 2.56 bits per heavy atom. The summed E-state index contributed by atoms with van der Waals surface area (Å²) in [5.41, 5.74) is 1.98. The number of nitrogens with one attached hydrogen (secondary N) is 1. The van der Waals surface area contributed by atoms with Gasteiger partial charge in [0, 0.05) is 25.2 Å². The molecule has 2 aliphatic rings. The fourth-order valence-electron chi connectivity index (χ4n) is 4.40. The van der Waals surface area contributed by atoms with E-state index in [9.17, 15) is 9.59 Å². The minimum absolute atomic E-state index is 0.0711. The van der Waals surface area contributed by atoms with Gasteiger partial charge < -0.3 is 19.2 Å². The van der Waals surface area contributed by atoms with Crippen LogP contribution in [0.1, 0.15) is 56.9 Å². The Morgan fingerprint density at radius 2 is 1.91 bits per heavy atom. The second kappa shape index (κ2) is 9.36. The largest absolute Gasteiger partial charge is 0.486 e. The van der Waals surface area contributed by atoms with Gasteiger partial charge in [0.15, 0.2) is 0 Å². The monoisotopic (exact) mass is 440 g/mol. The summed E-state index contributed by atoms with van der Waals surface area (Å²) < 4.78 is 16.8. The van der Waals surface area contributed by atoms with E-state index in [1.165, 1.54) is 23.5 Å². The van der Waals surface area contributed by atoms with Crippen molar-refractivity contribution in [1.82, 2.24) is 10.2 Å². The Balaban J connectivity index is 1.23. The van der Waals surface area contributed by atoms with Crippen LogP contribution in [0.2, 0.25) is 0 Å². The highest BCUT2D eigenvalue weighted by Gasteiger charge is 2.28. The Labute approximate surface area is 188 Å². The van der Waals surface area contributed by atoms with E-state index >= 15 is 0 Å². The molecule has 0 unspecified atom stereocenters. The maximum absolute atomic E-state index is 12.5. The zero-order chi connectivity index (χ0) is 22.7. The van der Waals surface area contributed by atoms with Crippen LogP contribution in [-0.2, 0) is 24.4 Å². The molecule has 1 aliphatic carbocycles. The van der Waals surface area contributed by atoms with Crippen LogP contribution in [0.3, 0.4) is 0 Å². The van der Waals surface area contributed by atoms with E-state index < -0.39 is 5.60 Å². The molecule has 0 saturated heterocycles. The highest BCUT2D eigenvalue weighted by molar-refractivity contribution is 5.68. The standard InChI is InChI=1S/C25H32N2O5/c1-25(2,3)32-24(29)26-20-9-8-17(10-20)15-31-23-16-30-21(11-22(23)28)14-27-12-18-6-4-5-7-19(18)13-27/h4-7,11,16-17,20H,8-10,12-15H2,1-3H3,(H,26,29)/t17-,20+/m0/s1. The molecule has 2 heterocycles. The topological polar surface area (TPSA) is 81.0 Å². The van der Waals surface area contributed by atoms with Crippen LogP contribution in [0.15, 0.2) is 45.8 Å². The summed E-state index contributed by atoms with van der Waals surface area (Å²) in [7, 11) is 0. The number of amides is 1. The van der Waals surface area contributed by atoms with E-state index in [4.69, 9.17) is 13.9 Å². The van der Waals surface area contributed by atoms with Crippen molar-refractivity contribution in [3.05, 3.63) is 63.7 Å². The normalized spacial score (nSPS) is 20.7. The van der Waals surface area contributed by atoms with Crippen molar-refractivity contribution in [2.24, 2.45) is 5.92 Å². The highest BCUT2D eigenvalue weighted by atomic mass is 16.6. The van der Waals surface area contributed by atoms with Crippen molar-refractivity contribution < 1.29 is 18.7 Å². The Bertz CT molecular complexity index is 985. The molecule has 1 aromatic carbocycles. The van der Waals surface area contributed by atoms with Crippen LogP contribution in [-0.4, -0.2) is 29.2 Å². The zero-order valence-corrected chi connectivity index (χ0v) is 19.1. The zero-order valence-electron chi connectivity index (χ0n) is 19.1. The molecule has 1 aliphatic heterocycles. The van der Waals surface area contributed by atoms with Crippen LogP contribution in [0.25, 0.3) is 0 Å². The molecule has 0 spiro atoms. The van der Waals surface area contributed by atoms with Gasteiger partial charge in [0.25, 0.3) is 0 Å². The van der Waals surface area contributed by atoms with Crippen molar-refractivity contribution in [3.63, 3.8) is 0 Å². The number of carbonyl (C=O) groups excluding carboxylic acids is 1. The van der Waals surface area contributed by atoms with Crippen LogP contribution in [0.4, 0.5) is 4.79 Å². The summed E-state index contributed by atoms with van der Waals surface area (Å²) in [6, 6.07) is 9.98. The van der Waals surface area contributed by atoms with Gasteiger partial charge in [0.05, 0.1) is 13.2 Å². The smallest absolute Gasteiger partial charge is 0.407 e. The van der Waals surface area contributed by atoms with E-state index in [0.29, 0.717) is 18.9 Å². The van der Waals surface area contributed by atoms with Gasteiger partial charge in [0.1, 0.15) is 17.6 Å². The number of hydrogen-bond acceptors (Lipinski definition) is 6. The average molecular weight is 441 g/mol. The third-order valence-corrected chi connectivity index (χ3v) is 5.87. The molecule has 0 bridgehead atoms. The molecule has 1 fully saturated rings. The number of carbonyl (C=O) groups is 1. The van der Waals surface area contributed by atoms with Crippen LogP contribution in [0, 0.1) is 5.92 Å². The van der Waals surface area contributed by atoms with E-state index in [1.54, 1.807) is 0 Å². The quantitative estimate of drug-likeness (QED) is 0.724. The number of ether oxygens (including phenoxy) is 2.